The fraction of sp³-hybridized carbons (Fsp3) is 0.412. The first-order chi connectivity index (χ1) is 9.75. The molecule has 1 saturated heterocycles. The van der Waals surface area contributed by atoms with E-state index in [0.717, 1.165) is 6.54 Å². The summed E-state index contributed by atoms with van der Waals surface area (Å²) in [6.45, 7) is 4.61. The number of rotatable bonds is 1. The van der Waals surface area contributed by atoms with Crippen LogP contribution in [0.5, 0.6) is 0 Å². The number of fused-ring (bicyclic) bond motifs is 2. The van der Waals surface area contributed by atoms with Crippen molar-refractivity contribution in [3.05, 3.63) is 53.7 Å². The first-order valence-corrected chi connectivity index (χ1v) is 7.47. The average Bonchev–Trinajstić information content (AvgIpc) is 2.73. The van der Waals surface area contributed by atoms with Crippen LogP contribution in [0.25, 0.3) is 0 Å². The fourth-order valence-electron chi connectivity index (χ4n) is 3.86. The van der Waals surface area contributed by atoms with Crippen LogP contribution in [0.15, 0.2) is 42.6 Å². The lowest BCUT2D eigenvalue weighted by Gasteiger charge is -2.45. The third kappa shape index (κ3) is 1.63. The molecule has 3 aliphatic heterocycles. The van der Waals surface area contributed by atoms with Crippen LogP contribution >= 0.6 is 0 Å². The van der Waals surface area contributed by atoms with Crippen LogP contribution in [0.1, 0.15) is 30.5 Å². The minimum Gasteiger partial charge on any atom is -0.338 e. The summed E-state index contributed by atoms with van der Waals surface area (Å²) in [5, 5.41) is 0. The van der Waals surface area contributed by atoms with Gasteiger partial charge in [0.2, 0.25) is 0 Å². The highest BCUT2D eigenvalue weighted by molar-refractivity contribution is 5.48. The Morgan fingerprint density at radius 3 is 2.75 bits per heavy atom. The van der Waals surface area contributed by atoms with E-state index < -0.39 is 0 Å². The highest BCUT2D eigenvalue weighted by Crippen LogP contribution is 2.41. The van der Waals surface area contributed by atoms with Gasteiger partial charge in [-0.3, -0.25) is 4.90 Å². The lowest BCUT2D eigenvalue weighted by Crippen LogP contribution is -2.51. The summed E-state index contributed by atoms with van der Waals surface area (Å²) in [6, 6.07) is 13.8. The maximum absolute atomic E-state index is 2.59. The molecule has 0 spiro atoms. The van der Waals surface area contributed by atoms with Crippen molar-refractivity contribution in [1.29, 1.82) is 0 Å². The molecule has 1 fully saturated rings. The molecule has 0 saturated carbocycles. The van der Waals surface area contributed by atoms with Gasteiger partial charge in [-0.1, -0.05) is 24.3 Å². The molecule has 3 aliphatic rings. The van der Waals surface area contributed by atoms with Crippen LogP contribution in [0.2, 0.25) is 0 Å². The van der Waals surface area contributed by atoms with Crippen LogP contribution < -0.4 is 4.90 Å². The number of aromatic nitrogens is 1. The Balaban J connectivity index is 1.87. The van der Waals surface area contributed by atoms with Crippen LogP contribution in [0, 0.1) is 0 Å². The predicted octanol–water partition coefficient (Wildman–Crippen LogP) is 3.14. The zero-order valence-electron chi connectivity index (χ0n) is 12.2. The molecule has 2 bridgehead atoms. The van der Waals surface area contributed by atoms with Gasteiger partial charge >= 0.3 is 0 Å². The first-order valence-electron chi connectivity index (χ1n) is 7.47. The van der Waals surface area contributed by atoms with E-state index >= 15 is 0 Å². The molecule has 0 aliphatic carbocycles. The van der Waals surface area contributed by atoms with E-state index in [9.17, 15) is 0 Å². The molecule has 3 atom stereocenters. The number of hydrogen-bond donors (Lipinski definition) is 0. The predicted molar refractivity (Wildman–Crippen MR) is 81.6 cm³/mol. The zero-order chi connectivity index (χ0) is 13.7. The van der Waals surface area contributed by atoms with Crippen LogP contribution in [0.4, 0.5) is 5.82 Å². The van der Waals surface area contributed by atoms with Gasteiger partial charge in [0, 0.05) is 26.3 Å². The summed E-state index contributed by atoms with van der Waals surface area (Å²) in [6.07, 6.45) is 3.81. The smallest absolute Gasteiger partial charge is 0.109 e. The molecule has 3 nitrogen and oxygen atoms in total. The summed E-state index contributed by atoms with van der Waals surface area (Å²) in [5.74, 6) is 1.32. The molecule has 0 N–H and O–H groups in total. The highest BCUT2D eigenvalue weighted by atomic mass is 15.4. The van der Waals surface area contributed by atoms with Crippen LogP contribution in [-0.2, 0) is 13.6 Å². The molecular formula is C17H21N3. The normalized spacial score (nSPS) is 28.3. The van der Waals surface area contributed by atoms with E-state index in [4.69, 9.17) is 0 Å². The second kappa shape index (κ2) is 4.38. The number of nitrogens with zero attached hydrogens (tertiary/aromatic N) is 3. The summed E-state index contributed by atoms with van der Waals surface area (Å²) in [5.41, 5.74) is 3.01. The lowest BCUT2D eigenvalue weighted by atomic mass is 9.97. The molecule has 1 aromatic heterocycles. The molecule has 0 amide bonds. The van der Waals surface area contributed by atoms with Gasteiger partial charge in [-0.05, 0) is 36.6 Å². The van der Waals surface area contributed by atoms with Gasteiger partial charge in [0.15, 0.2) is 0 Å². The van der Waals surface area contributed by atoms with E-state index in [1.165, 1.54) is 29.9 Å². The molecule has 3 unspecified atom stereocenters. The van der Waals surface area contributed by atoms with Crippen molar-refractivity contribution in [3.63, 3.8) is 0 Å². The van der Waals surface area contributed by atoms with E-state index in [0.29, 0.717) is 12.2 Å². The SMILES string of the molecule is CC1N2CCC(c3ccccc3C2)N1c1cccn1C. The van der Waals surface area contributed by atoms with E-state index in [1.807, 2.05) is 0 Å². The number of anilines is 1. The molecule has 5 rings (SSSR count). The fourth-order valence-corrected chi connectivity index (χ4v) is 3.86. The lowest BCUT2D eigenvalue weighted by molar-refractivity contribution is 0.152. The monoisotopic (exact) mass is 267 g/mol. The third-order valence-corrected chi connectivity index (χ3v) is 4.92. The number of hydrogen-bond acceptors (Lipinski definition) is 2. The van der Waals surface area contributed by atoms with Crippen LogP contribution in [-0.4, -0.2) is 22.2 Å². The van der Waals surface area contributed by atoms with Crippen LogP contribution in [0.3, 0.4) is 0 Å². The second-order valence-corrected chi connectivity index (χ2v) is 5.99. The highest BCUT2D eigenvalue weighted by Gasteiger charge is 2.38. The van der Waals surface area contributed by atoms with E-state index in [-0.39, 0.29) is 0 Å². The molecule has 0 radical (unpaired) electrons. The summed E-state index contributed by atoms with van der Waals surface area (Å²) >= 11 is 0. The molecule has 4 heterocycles. The minimum absolute atomic E-state index is 0.453. The topological polar surface area (TPSA) is 11.4 Å². The minimum atomic E-state index is 0.453. The summed E-state index contributed by atoms with van der Waals surface area (Å²) < 4.78 is 2.24. The summed E-state index contributed by atoms with van der Waals surface area (Å²) in [7, 11) is 2.14. The van der Waals surface area contributed by atoms with Gasteiger partial charge in [-0.15, -0.1) is 0 Å². The van der Waals surface area contributed by atoms with Gasteiger partial charge in [0.25, 0.3) is 0 Å². The zero-order valence-corrected chi connectivity index (χ0v) is 12.2. The van der Waals surface area contributed by atoms with Gasteiger partial charge < -0.3 is 9.47 Å². The average molecular weight is 267 g/mol. The maximum Gasteiger partial charge on any atom is 0.109 e. The number of aryl methyl sites for hydroxylation is 1. The van der Waals surface area contributed by atoms with Gasteiger partial charge in [-0.2, -0.15) is 0 Å². The molecule has 104 valence electrons. The standard InChI is InChI=1S/C17H21N3/c1-13-19-11-9-16(15-7-4-3-6-14(15)12-19)20(13)17-8-5-10-18(17)2/h3-8,10,13,16H,9,11-12H2,1-2H3. The Morgan fingerprint density at radius 2 is 1.95 bits per heavy atom. The Hall–Kier alpha value is -1.74. The van der Waals surface area contributed by atoms with Crippen molar-refractivity contribution in [2.75, 3.05) is 11.4 Å². The maximum atomic E-state index is 2.59. The second-order valence-electron chi connectivity index (χ2n) is 5.99. The largest absolute Gasteiger partial charge is 0.338 e. The van der Waals surface area contributed by atoms with Gasteiger partial charge in [-0.25, -0.2) is 0 Å². The van der Waals surface area contributed by atoms with Gasteiger partial charge in [0.05, 0.1) is 12.2 Å². The van der Waals surface area contributed by atoms with E-state index in [2.05, 4.69) is 70.9 Å². The molecule has 3 heteroatoms. The molecule has 2 aromatic rings. The number of benzene rings is 1. The Bertz CT molecular complexity index is 631. The van der Waals surface area contributed by atoms with Crippen molar-refractivity contribution in [1.82, 2.24) is 9.47 Å². The van der Waals surface area contributed by atoms with Crippen molar-refractivity contribution < 1.29 is 0 Å². The van der Waals surface area contributed by atoms with Crippen molar-refractivity contribution in [2.45, 2.75) is 32.1 Å². The Kier molecular flexibility index (Phi) is 2.64. The van der Waals surface area contributed by atoms with E-state index in [1.54, 1.807) is 0 Å². The van der Waals surface area contributed by atoms with Crippen molar-refractivity contribution in [3.8, 4) is 0 Å². The molecule has 20 heavy (non-hydrogen) atoms. The molecular weight excluding hydrogens is 246 g/mol. The first kappa shape index (κ1) is 12.0. The van der Waals surface area contributed by atoms with Crippen molar-refractivity contribution in [2.24, 2.45) is 7.05 Å². The Morgan fingerprint density at radius 1 is 1.10 bits per heavy atom. The Labute approximate surface area is 120 Å². The van der Waals surface area contributed by atoms with Crippen molar-refractivity contribution >= 4 is 5.82 Å². The summed E-state index contributed by atoms with van der Waals surface area (Å²) in [4.78, 5) is 5.19. The van der Waals surface area contributed by atoms with Gasteiger partial charge in [0.1, 0.15) is 5.82 Å². The molecule has 1 aromatic carbocycles. The third-order valence-electron chi connectivity index (χ3n) is 4.92. The quantitative estimate of drug-likeness (QED) is 0.786.